The number of ether oxygens (including phenoxy) is 1. The highest BCUT2D eigenvalue weighted by molar-refractivity contribution is 6.05. The molecule has 1 aliphatic heterocycles. The predicted octanol–water partition coefficient (Wildman–Crippen LogP) is 4.53. The quantitative estimate of drug-likeness (QED) is 0.584. The zero-order valence-electron chi connectivity index (χ0n) is 16.9. The summed E-state index contributed by atoms with van der Waals surface area (Å²) in [6.07, 6.45) is 0. The molecule has 30 heavy (non-hydrogen) atoms. The van der Waals surface area contributed by atoms with Crippen molar-refractivity contribution in [1.29, 1.82) is 0 Å². The van der Waals surface area contributed by atoms with E-state index in [0.717, 1.165) is 54.6 Å². The Hall–Kier alpha value is -3.51. The minimum Gasteiger partial charge on any atom is -0.508 e. The third-order valence-electron chi connectivity index (χ3n) is 5.13. The number of aromatic hydroxyl groups is 1. The third kappa shape index (κ3) is 4.72. The summed E-state index contributed by atoms with van der Waals surface area (Å²) in [6.45, 7) is 5.23. The molecule has 0 bridgehead atoms. The molecule has 1 aliphatic rings. The van der Waals surface area contributed by atoms with Crippen molar-refractivity contribution in [3.63, 3.8) is 0 Å². The van der Waals surface area contributed by atoms with E-state index < -0.39 is 0 Å². The van der Waals surface area contributed by atoms with Gasteiger partial charge in [-0.3, -0.25) is 4.79 Å². The van der Waals surface area contributed by atoms with E-state index in [-0.39, 0.29) is 11.7 Å². The second kappa shape index (κ2) is 8.88. The Labute approximate surface area is 176 Å². The van der Waals surface area contributed by atoms with E-state index in [4.69, 9.17) is 4.74 Å². The molecule has 3 aromatic carbocycles. The number of benzene rings is 3. The molecule has 0 radical (unpaired) electrons. The average Bonchev–Trinajstić information content (AvgIpc) is 2.77. The van der Waals surface area contributed by atoms with Crippen LogP contribution in [0.2, 0.25) is 0 Å². The fraction of sp³-hybridized carbons (Fsp3) is 0.208. The first-order valence-electron chi connectivity index (χ1n) is 9.99. The van der Waals surface area contributed by atoms with Crippen LogP contribution in [0.3, 0.4) is 0 Å². The number of hydrogen-bond donors (Lipinski definition) is 3. The molecule has 4 rings (SSSR count). The number of aryl methyl sites for hydroxylation is 1. The summed E-state index contributed by atoms with van der Waals surface area (Å²) in [5.41, 5.74) is 5.23. The van der Waals surface area contributed by atoms with Crippen LogP contribution >= 0.6 is 0 Å². The highest BCUT2D eigenvalue weighted by Crippen LogP contribution is 2.27. The van der Waals surface area contributed by atoms with E-state index in [0.29, 0.717) is 5.56 Å². The molecule has 0 spiro atoms. The highest BCUT2D eigenvalue weighted by Gasteiger charge is 2.12. The summed E-state index contributed by atoms with van der Waals surface area (Å²) in [5.74, 6) is -0.0854. The standard InChI is InChI=1S/C24H25N3O3/c1-17-5-8-20(16-23(17)26-24(29)18-6-9-22(28)10-7-18)25-19-3-2-4-21(15-19)27-11-13-30-14-12-27/h2-10,15-16,25,28H,11-14H2,1H3,(H,26,29). The molecule has 1 amide bonds. The van der Waals surface area contributed by atoms with Gasteiger partial charge in [0.2, 0.25) is 0 Å². The van der Waals surface area contributed by atoms with Gasteiger partial charge in [0.25, 0.3) is 5.91 Å². The van der Waals surface area contributed by atoms with Crippen molar-refractivity contribution >= 4 is 28.7 Å². The SMILES string of the molecule is Cc1ccc(Nc2cccc(N3CCOCC3)c2)cc1NC(=O)c1ccc(O)cc1. The number of amides is 1. The first kappa shape index (κ1) is 19.8. The molecular formula is C24H25N3O3. The van der Waals surface area contributed by atoms with E-state index in [1.165, 1.54) is 12.1 Å². The van der Waals surface area contributed by atoms with Crippen molar-refractivity contribution in [2.24, 2.45) is 0 Å². The topological polar surface area (TPSA) is 73.8 Å². The smallest absolute Gasteiger partial charge is 0.255 e. The fourth-order valence-electron chi connectivity index (χ4n) is 3.41. The molecule has 0 saturated carbocycles. The number of anilines is 4. The van der Waals surface area contributed by atoms with Crippen LogP contribution in [-0.2, 0) is 4.74 Å². The van der Waals surface area contributed by atoms with Gasteiger partial charge in [0, 0.05) is 41.4 Å². The van der Waals surface area contributed by atoms with Crippen molar-refractivity contribution in [2.75, 3.05) is 41.8 Å². The second-order valence-electron chi connectivity index (χ2n) is 7.31. The minimum atomic E-state index is -0.218. The van der Waals surface area contributed by atoms with Gasteiger partial charge in [0.05, 0.1) is 13.2 Å². The molecule has 3 N–H and O–H groups in total. The van der Waals surface area contributed by atoms with Crippen LogP contribution in [0.15, 0.2) is 66.7 Å². The van der Waals surface area contributed by atoms with Crippen LogP contribution in [0.25, 0.3) is 0 Å². The van der Waals surface area contributed by atoms with E-state index in [1.54, 1.807) is 12.1 Å². The van der Waals surface area contributed by atoms with E-state index >= 15 is 0 Å². The van der Waals surface area contributed by atoms with Gasteiger partial charge in [-0.2, -0.15) is 0 Å². The van der Waals surface area contributed by atoms with Gasteiger partial charge in [0.1, 0.15) is 5.75 Å². The number of phenols is 1. The summed E-state index contributed by atoms with van der Waals surface area (Å²) in [5, 5.41) is 15.8. The van der Waals surface area contributed by atoms with Crippen molar-refractivity contribution in [2.45, 2.75) is 6.92 Å². The lowest BCUT2D eigenvalue weighted by atomic mass is 10.1. The molecule has 1 heterocycles. The van der Waals surface area contributed by atoms with Gasteiger partial charge in [-0.25, -0.2) is 0 Å². The number of nitrogens with one attached hydrogen (secondary N) is 2. The molecule has 154 valence electrons. The molecule has 1 fully saturated rings. The van der Waals surface area contributed by atoms with Gasteiger partial charge in [0.15, 0.2) is 0 Å². The fourth-order valence-corrected chi connectivity index (χ4v) is 3.41. The number of nitrogens with zero attached hydrogens (tertiary/aromatic N) is 1. The van der Waals surface area contributed by atoms with Gasteiger partial charge in [-0.1, -0.05) is 12.1 Å². The van der Waals surface area contributed by atoms with Gasteiger partial charge < -0.3 is 25.4 Å². The molecule has 3 aromatic rings. The Morgan fingerprint density at radius 1 is 0.967 bits per heavy atom. The molecule has 1 saturated heterocycles. The van der Waals surface area contributed by atoms with Crippen LogP contribution < -0.4 is 15.5 Å². The van der Waals surface area contributed by atoms with E-state index in [2.05, 4.69) is 27.7 Å². The number of hydrogen-bond acceptors (Lipinski definition) is 5. The minimum absolute atomic E-state index is 0.133. The summed E-state index contributed by atoms with van der Waals surface area (Å²) in [6, 6.07) is 20.4. The van der Waals surface area contributed by atoms with Crippen molar-refractivity contribution in [3.8, 4) is 5.75 Å². The molecule has 0 aliphatic carbocycles. The Morgan fingerprint density at radius 2 is 1.70 bits per heavy atom. The lowest BCUT2D eigenvalue weighted by molar-refractivity contribution is 0.102. The number of carbonyl (C=O) groups excluding carboxylic acids is 1. The Balaban J connectivity index is 1.49. The summed E-state index contributed by atoms with van der Waals surface area (Å²) in [4.78, 5) is 14.9. The van der Waals surface area contributed by atoms with Crippen molar-refractivity contribution in [3.05, 3.63) is 77.9 Å². The zero-order valence-corrected chi connectivity index (χ0v) is 16.9. The lowest BCUT2D eigenvalue weighted by Crippen LogP contribution is -2.36. The monoisotopic (exact) mass is 403 g/mol. The highest BCUT2D eigenvalue weighted by atomic mass is 16.5. The Morgan fingerprint density at radius 3 is 2.47 bits per heavy atom. The largest absolute Gasteiger partial charge is 0.508 e. The maximum absolute atomic E-state index is 12.5. The van der Waals surface area contributed by atoms with Crippen molar-refractivity contribution in [1.82, 2.24) is 0 Å². The molecule has 0 atom stereocenters. The molecular weight excluding hydrogens is 378 g/mol. The molecule has 6 nitrogen and oxygen atoms in total. The first-order chi connectivity index (χ1) is 14.6. The van der Waals surface area contributed by atoms with Gasteiger partial charge in [-0.05, 0) is 67.1 Å². The lowest BCUT2D eigenvalue weighted by Gasteiger charge is -2.29. The van der Waals surface area contributed by atoms with E-state index in [1.807, 2.05) is 37.3 Å². The summed E-state index contributed by atoms with van der Waals surface area (Å²) >= 11 is 0. The van der Waals surface area contributed by atoms with Crippen LogP contribution in [0.5, 0.6) is 5.75 Å². The summed E-state index contributed by atoms with van der Waals surface area (Å²) in [7, 11) is 0. The van der Waals surface area contributed by atoms with Gasteiger partial charge >= 0.3 is 0 Å². The first-order valence-corrected chi connectivity index (χ1v) is 9.99. The third-order valence-corrected chi connectivity index (χ3v) is 5.13. The molecule has 6 heteroatoms. The zero-order chi connectivity index (χ0) is 20.9. The second-order valence-corrected chi connectivity index (χ2v) is 7.31. The maximum atomic E-state index is 12.5. The van der Waals surface area contributed by atoms with Crippen LogP contribution in [-0.4, -0.2) is 37.3 Å². The maximum Gasteiger partial charge on any atom is 0.255 e. The van der Waals surface area contributed by atoms with Gasteiger partial charge in [-0.15, -0.1) is 0 Å². The molecule has 0 unspecified atom stereocenters. The Bertz CT molecular complexity index is 1030. The molecule has 0 aromatic heterocycles. The van der Waals surface area contributed by atoms with Crippen LogP contribution in [0.4, 0.5) is 22.7 Å². The van der Waals surface area contributed by atoms with Crippen molar-refractivity contribution < 1.29 is 14.6 Å². The normalized spacial score (nSPS) is 13.7. The van der Waals surface area contributed by atoms with Crippen LogP contribution in [0.1, 0.15) is 15.9 Å². The number of morpholine rings is 1. The van der Waals surface area contributed by atoms with Crippen LogP contribution in [0, 0.1) is 6.92 Å². The Kier molecular flexibility index (Phi) is 5.86. The number of phenolic OH excluding ortho intramolecular Hbond substituents is 1. The predicted molar refractivity (Wildman–Crippen MR) is 120 cm³/mol. The summed E-state index contributed by atoms with van der Waals surface area (Å²) < 4.78 is 5.44. The number of carbonyl (C=O) groups is 1. The van der Waals surface area contributed by atoms with E-state index in [9.17, 15) is 9.90 Å². The number of rotatable bonds is 5. The average molecular weight is 403 g/mol.